The highest BCUT2D eigenvalue weighted by Crippen LogP contribution is 2.29. The first-order valence-electron chi connectivity index (χ1n) is 8.69. The van der Waals surface area contributed by atoms with Gasteiger partial charge >= 0.3 is 0 Å². The Balaban J connectivity index is 1.49. The van der Waals surface area contributed by atoms with Gasteiger partial charge < -0.3 is 13.7 Å². The highest BCUT2D eigenvalue weighted by molar-refractivity contribution is 5.91. The lowest BCUT2D eigenvalue weighted by Gasteiger charge is -2.18. The molecule has 1 aromatic carbocycles. The molecular formula is C19H16N4O5. The number of non-ortho nitro benzene ring substituents is 1. The van der Waals surface area contributed by atoms with Gasteiger partial charge in [-0.05, 0) is 37.1 Å². The number of hydrogen-bond donors (Lipinski definition) is 0. The molecule has 2 heterocycles. The summed E-state index contributed by atoms with van der Waals surface area (Å²) in [6.07, 6.45) is 6.45. The molecule has 0 radical (unpaired) electrons. The Bertz CT molecular complexity index is 1020. The lowest BCUT2D eigenvalue weighted by molar-refractivity contribution is -0.384. The van der Waals surface area contributed by atoms with E-state index in [4.69, 9.17) is 8.83 Å². The quantitative estimate of drug-likeness (QED) is 0.350. The van der Waals surface area contributed by atoms with Crippen LogP contribution < -0.4 is 0 Å². The van der Waals surface area contributed by atoms with E-state index < -0.39 is 4.92 Å². The topological polar surface area (TPSA) is 116 Å². The predicted octanol–water partition coefficient (Wildman–Crippen LogP) is 3.44. The average molecular weight is 380 g/mol. The molecule has 3 aromatic rings. The molecular weight excluding hydrogens is 364 g/mol. The molecule has 1 aliphatic rings. The third-order valence-corrected chi connectivity index (χ3v) is 4.28. The molecule has 0 aliphatic heterocycles. The minimum atomic E-state index is -0.486. The summed E-state index contributed by atoms with van der Waals surface area (Å²) in [4.78, 5) is 24.7. The van der Waals surface area contributed by atoms with Crippen molar-refractivity contribution in [2.75, 3.05) is 0 Å². The monoisotopic (exact) mass is 380 g/mol. The molecule has 9 nitrogen and oxygen atoms in total. The fourth-order valence-corrected chi connectivity index (χ4v) is 2.74. The predicted molar refractivity (Wildman–Crippen MR) is 97.7 cm³/mol. The third kappa shape index (κ3) is 3.98. The van der Waals surface area contributed by atoms with Crippen LogP contribution in [-0.4, -0.2) is 32.0 Å². The van der Waals surface area contributed by atoms with E-state index >= 15 is 0 Å². The molecule has 4 rings (SSSR count). The summed E-state index contributed by atoms with van der Waals surface area (Å²) in [6.45, 7) is 0.175. The van der Waals surface area contributed by atoms with Gasteiger partial charge in [0.15, 0.2) is 0 Å². The summed E-state index contributed by atoms with van der Waals surface area (Å²) in [5.74, 6) is 0.866. The van der Waals surface area contributed by atoms with E-state index in [1.807, 2.05) is 0 Å². The minimum absolute atomic E-state index is 0.0601. The van der Waals surface area contributed by atoms with Crippen molar-refractivity contribution in [3.05, 3.63) is 70.5 Å². The van der Waals surface area contributed by atoms with Crippen molar-refractivity contribution < 1.29 is 18.6 Å². The highest BCUT2D eigenvalue weighted by atomic mass is 16.6. The van der Waals surface area contributed by atoms with Crippen molar-refractivity contribution in [3.8, 4) is 11.5 Å². The van der Waals surface area contributed by atoms with Crippen molar-refractivity contribution in [2.45, 2.75) is 25.4 Å². The molecule has 2 aromatic heterocycles. The Kier molecular flexibility index (Phi) is 4.71. The minimum Gasteiger partial charge on any atom is -0.465 e. The molecule has 0 N–H and O–H groups in total. The number of carbonyl (C=O) groups is 1. The number of hydrogen-bond acceptors (Lipinski definition) is 7. The molecule has 0 saturated heterocycles. The lowest BCUT2D eigenvalue weighted by atomic mass is 10.2. The first-order valence-corrected chi connectivity index (χ1v) is 8.69. The molecule has 0 bridgehead atoms. The molecule has 9 heteroatoms. The Morgan fingerprint density at radius 1 is 1.29 bits per heavy atom. The van der Waals surface area contributed by atoms with Crippen LogP contribution in [0, 0.1) is 10.1 Å². The second-order valence-corrected chi connectivity index (χ2v) is 6.35. The van der Waals surface area contributed by atoms with Crippen LogP contribution in [0.2, 0.25) is 0 Å². The third-order valence-electron chi connectivity index (χ3n) is 4.28. The standard InChI is InChI=1S/C19H16N4O5/c24-18(9-8-16-5-2-10-27-16)22(14-6-7-14)12-17-20-21-19(28-17)13-3-1-4-15(11-13)23(25)26/h1-5,8-11,14H,6-7,12H2. The molecule has 1 fully saturated rings. The van der Waals surface area contributed by atoms with Crippen molar-refractivity contribution in [1.82, 2.24) is 15.1 Å². The summed E-state index contributed by atoms with van der Waals surface area (Å²) in [5, 5.41) is 18.9. The van der Waals surface area contributed by atoms with Gasteiger partial charge in [0.1, 0.15) is 5.76 Å². The van der Waals surface area contributed by atoms with Crippen molar-refractivity contribution in [1.29, 1.82) is 0 Å². The summed E-state index contributed by atoms with van der Waals surface area (Å²) < 4.78 is 10.8. The van der Waals surface area contributed by atoms with Gasteiger partial charge in [0.2, 0.25) is 17.7 Å². The SMILES string of the molecule is O=C(C=Cc1ccco1)N(Cc1nnc(-c2cccc([N+](=O)[O-])c2)o1)C1CC1. The molecule has 0 atom stereocenters. The zero-order valence-corrected chi connectivity index (χ0v) is 14.7. The van der Waals surface area contributed by atoms with Gasteiger partial charge in [-0.15, -0.1) is 10.2 Å². The van der Waals surface area contributed by atoms with E-state index in [1.54, 1.807) is 35.2 Å². The number of furan rings is 1. The van der Waals surface area contributed by atoms with Gasteiger partial charge in [-0.2, -0.15) is 0 Å². The fraction of sp³-hybridized carbons (Fsp3) is 0.211. The largest absolute Gasteiger partial charge is 0.465 e. The smallest absolute Gasteiger partial charge is 0.270 e. The van der Waals surface area contributed by atoms with Crippen LogP contribution in [0.1, 0.15) is 24.5 Å². The molecule has 0 spiro atoms. The number of nitrogens with zero attached hydrogens (tertiary/aromatic N) is 4. The van der Waals surface area contributed by atoms with Crippen LogP contribution in [-0.2, 0) is 11.3 Å². The van der Waals surface area contributed by atoms with Crippen LogP contribution in [0.15, 0.2) is 57.6 Å². The fourth-order valence-electron chi connectivity index (χ4n) is 2.74. The van der Waals surface area contributed by atoms with Crippen molar-refractivity contribution in [2.24, 2.45) is 0 Å². The van der Waals surface area contributed by atoms with Gasteiger partial charge in [-0.3, -0.25) is 14.9 Å². The number of nitro benzene ring substituents is 1. The molecule has 1 amide bonds. The van der Waals surface area contributed by atoms with Gasteiger partial charge in [0.25, 0.3) is 5.69 Å². The Hall–Kier alpha value is -3.75. The maximum absolute atomic E-state index is 12.6. The summed E-state index contributed by atoms with van der Waals surface area (Å²) in [6, 6.07) is 9.61. The Morgan fingerprint density at radius 3 is 2.86 bits per heavy atom. The van der Waals surface area contributed by atoms with E-state index in [-0.39, 0.29) is 36.0 Å². The number of aromatic nitrogens is 2. The maximum atomic E-state index is 12.6. The Labute approximate surface area is 159 Å². The number of carbonyl (C=O) groups excluding carboxylic acids is 1. The molecule has 1 aliphatic carbocycles. The number of amides is 1. The second-order valence-electron chi connectivity index (χ2n) is 6.35. The van der Waals surface area contributed by atoms with E-state index in [9.17, 15) is 14.9 Å². The van der Waals surface area contributed by atoms with Gasteiger partial charge in [0, 0.05) is 29.8 Å². The van der Waals surface area contributed by atoms with E-state index in [2.05, 4.69) is 10.2 Å². The van der Waals surface area contributed by atoms with Gasteiger partial charge in [-0.25, -0.2) is 0 Å². The number of benzene rings is 1. The zero-order valence-electron chi connectivity index (χ0n) is 14.7. The van der Waals surface area contributed by atoms with E-state index in [0.717, 1.165) is 12.8 Å². The molecule has 142 valence electrons. The maximum Gasteiger partial charge on any atom is 0.270 e. The van der Waals surface area contributed by atoms with Crippen LogP contribution in [0.4, 0.5) is 5.69 Å². The van der Waals surface area contributed by atoms with E-state index in [1.165, 1.54) is 24.5 Å². The van der Waals surface area contributed by atoms with Gasteiger partial charge in [-0.1, -0.05) is 6.07 Å². The average Bonchev–Trinajstić information content (AvgIpc) is 3.20. The van der Waals surface area contributed by atoms with Crippen LogP contribution in [0.25, 0.3) is 17.5 Å². The van der Waals surface area contributed by atoms with Crippen LogP contribution in [0.5, 0.6) is 0 Å². The number of rotatable bonds is 7. The first-order chi connectivity index (χ1) is 13.6. The first kappa shape index (κ1) is 17.7. The molecule has 0 unspecified atom stereocenters. The van der Waals surface area contributed by atoms with E-state index in [0.29, 0.717) is 11.3 Å². The normalized spacial score (nSPS) is 13.7. The van der Waals surface area contributed by atoms with Crippen molar-refractivity contribution >= 4 is 17.7 Å². The zero-order chi connectivity index (χ0) is 19.5. The van der Waals surface area contributed by atoms with Crippen LogP contribution in [0.3, 0.4) is 0 Å². The lowest BCUT2D eigenvalue weighted by Crippen LogP contribution is -2.31. The summed E-state index contributed by atoms with van der Waals surface area (Å²) in [5.41, 5.74) is 0.394. The second kappa shape index (κ2) is 7.47. The highest BCUT2D eigenvalue weighted by Gasteiger charge is 2.33. The summed E-state index contributed by atoms with van der Waals surface area (Å²) in [7, 11) is 0. The van der Waals surface area contributed by atoms with Gasteiger partial charge in [0.05, 0.1) is 17.7 Å². The Morgan fingerprint density at radius 2 is 2.14 bits per heavy atom. The van der Waals surface area contributed by atoms with Crippen LogP contribution >= 0.6 is 0 Å². The molecule has 28 heavy (non-hydrogen) atoms. The number of nitro groups is 1. The summed E-state index contributed by atoms with van der Waals surface area (Å²) >= 11 is 0. The van der Waals surface area contributed by atoms with Crippen molar-refractivity contribution in [3.63, 3.8) is 0 Å². The molecule has 1 saturated carbocycles.